The van der Waals surface area contributed by atoms with E-state index in [1.165, 1.54) is 0 Å². The molecule has 2 fully saturated rings. The average molecular weight is 286 g/mol. The Hall–Kier alpha value is -0.230. The first-order valence-corrected chi connectivity index (χ1v) is 5.70. The molecule has 0 saturated carbocycles. The summed E-state index contributed by atoms with van der Waals surface area (Å²) < 4.78 is 5.21. The summed E-state index contributed by atoms with van der Waals surface area (Å²) in [6.45, 7) is 4.79. The van der Waals surface area contributed by atoms with Gasteiger partial charge in [0.05, 0.1) is 13.2 Å². The molecule has 2 amide bonds. The third-order valence-corrected chi connectivity index (χ3v) is 2.97. The van der Waals surface area contributed by atoms with Crippen LogP contribution in [0.2, 0.25) is 0 Å². The molecule has 2 saturated heterocycles. The minimum Gasteiger partial charge on any atom is -0.378 e. The van der Waals surface area contributed by atoms with E-state index in [1.807, 2.05) is 4.90 Å². The molecular weight excluding hydrogens is 265 g/mol. The van der Waals surface area contributed by atoms with Gasteiger partial charge in [0.25, 0.3) is 0 Å². The standard InChI is InChI=1S/C10H19N3O2.2ClH/c14-10(13-5-7-15-8-6-13)12-9-1-3-11-4-2-9;;/h9,11H,1-8H2,(H,12,14);2*1H. The van der Waals surface area contributed by atoms with Crippen LogP contribution in [-0.4, -0.2) is 56.4 Å². The van der Waals surface area contributed by atoms with E-state index in [0.717, 1.165) is 39.0 Å². The van der Waals surface area contributed by atoms with Gasteiger partial charge in [-0.15, -0.1) is 24.8 Å². The molecule has 0 unspecified atom stereocenters. The fraction of sp³-hybridized carbons (Fsp3) is 0.900. The first kappa shape index (κ1) is 16.8. The van der Waals surface area contributed by atoms with Crippen molar-refractivity contribution >= 4 is 30.8 Å². The molecule has 0 aromatic carbocycles. The molecule has 0 bridgehead atoms. The number of piperidine rings is 1. The fourth-order valence-electron chi connectivity index (χ4n) is 2.00. The van der Waals surface area contributed by atoms with E-state index in [-0.39, 0.29) is 30.8 Å². The molecule has 0 atom stereocenters. The first-order valence-electron chi connectivity index (χ1n) is 5.70. The van der Waals surface area contributed by atoms with Crippen molar-refractivity contribution in [2.75, 3.05) is 39.4 Å². The summed E-state index contributed by atoms with van der Waals surface area (Å²) in [6.07, 6.45) is 2.08. The van der Waals surface area contributed by atoms with E-state index < -0.39 is 0 Å². The third kappa shape index (κ3) is 5.29. The van der Waals surface area contributed by atoms with Crippen molar-refractivity contribution in [3.63, 3.8) is 0 Å². The number of nitrogens with one attached hydrogen (secondary N) is 2. The maximum atomic E-state index is 11.8. The van der Waals surface area contributed by atoms with E-state index in [2.05, 4.69) is 10.6 Å². The Bertz CT molecular complexity index is 220. The van der Waals surface area contributed by atoms with Gasteiger partial charge in [-0.05, 0) is 25.9 Å². The Labute approximate surface area is 114 Å². The van der Waals surface area contributed by atoms with Crippen LogP contribution >= 0.6 is 24.8 Å². The van der Waals surface area contributed by atoms with Crippen LogP contribution in [0.15, 0.2) is 0 Å². The highest BCUT2D eigenvalue weighted by Gasteiger charge is 2.20. The van der Waals surface area contributed by atoms with Crippen molar-refractivity contribution in [3.05, 3.63) is 0 Å². The Morgan fingerprint density at radius 3 is 2.35 bits per heavy atom. The molecule has 17 heavy (non-hydrogen) atoms. The lowest BCUT2D eigenvalue weighted by Crippen LogP contribution is -2.51. The molecule has 2 aliphatic heterocycles. The number of hydrogen-bond donors (Lipinski definition) is 2. The van der Waals surface area contributed by atoms with Crippen LogP contribution in [0.5, 0.6) is 0 Å². The van der Waals surface area contributed by atoms with Gasteiger partial charge in [0, 0.05) is 19.1 Å². The third-order valence-electron chi connectivity index (χ3n) is 2.97. The van der Waals surface area contributed by atoms with Crippen LogP contribution in [0.1, 0.15) is 12.8 Å². The topological polar surface area (TPSA) is 53.6 Å². The summed E-state index contributed by atoms with van der Waals surface area (Å²) in [7, 11) is 0. The number of halogens is 2. The number of carbonyl (C=O) groups excluding carboxylic acids is 1. The summed E-state index contributed by atoms with van der Waals surface area (Å²) in [5.41, 5.74) is 0. The predicted octanol–water partition coefficient (Wildman–Crippen LogP) is 0.624. The number of amides is 2. The van der Waals surface area contributed by atoms with E-state index in [9.17, 15) is 4.79 Å². The van der Waals surface area contributed by atoms with Gasteiger partial charge in [0.1, 0.15) is 0 Å². The van der Waals surface area contributed by atoms with Crippen LogP contribution in [0, 0.1) is 0 Å². The predicted molar refractivity (Wildman–Crippen MR) is 71.3 cm³/mol. The van der Waals surface area contributed by atoms with Gasteiger partial charge in [-0.3, -0.25) is 0 Å². The van der Waals surface area contributed by atoms with Gasteiger partial charge >= 0.3 is 6.03 Å². The summed E-state index contributed by atoms with van der Waals surface area (Å²) in [4.78, 5) is 13.6. The van der Waals surface area contributed by atoms with E-state index >= 15 is 0 Å². The molecule has 0 aliphatic carbocycles. The number of nitrogens with zero attached hydrogens (tertiary/aromatic N) is 1. The lowest BCUT2D eigenvalue weighted by molar-refractivity contribution is 0.0522. The molecule has 2 heterocycles. The smallest absolute Gasteiger partial charge is 0.317 e. The Balaban J connectivity index is 0.00000128. The fourth-order valence-corrected chi connectivity index (χ4v) is 2.00. The van der Waals surface area contributed by atoms with Gasteiger partial charge in [-0.1, -0.05) is 0 Å². The highest BCUT2D eigenvalue weighted by molar-refractivity contribution is 5.85. The van der Waals surface area contributed by atoms with Crippen LogP contribution in [-0.2, 0) is 4.74 Å². The maximum Gasteiger partial charge on any atom is 0.317 e. The molecule has 0 aromatic rings. The molecule has 2 N–H and O–H groups in total. The van der Waals surface area contributed by atoms with Gasteiger partial charge in [0.15, 0.2) is 0 Å². The van der Waals surface area contributed by atoms with Gasteiger partial charge < -0.3 is 20.3 Å². The summed E-state index contributed by atoms with van der Waals surface area (Å²) >= 11 is 0. The Morgan fingerprint density at radius 1 is 1.18 bits per heavy atom. The Kier molecular flexibility index (Phi) is 8.68. The summed E-state index contributed by atoms with van der Waals surface area (Å²) in [5.74, 6) is 0. The van der Waals surface area contributed by atoms with E-state index in [1.54, 1.807) is 0 Å². The zero-order valence-electron chi connectivity index (χ0n) is 9.81. The molecule has 0 radical (unpaired) electrons. The number of rotatable bonds is 1. The second-order valence-corrected chi connectivity index (χ2v) is 4.07. The minimum atomic E-state index is 0. The normalized spacial score (nSPS) is 21.1. The number of carbonyl (C=O) groups is 1. The molecule has 0 aromatic heterocycles. The second-order valence-electron chi connectivity index (χ2n) is 4.07. The van der Waals surface area contributed by atoms with Crippen molar-refractivity contribution in [1.82, 2.24) is 15.5 Å². The number of hydrogen-bond acceptors (Lipinski definition) is 3. The largest absolute Gasteiger partial charge is 0.378 e. The molecule has 5 nitrogen and oxygen atoms in total. The lowest BCUT2D eigenvalue weighted by atomic mass is 10.1. The molecule has 2 aliphatic rings. The average Bonchev–Trinajstić information content (AvgIpc) is 2.31. The zero-order valence-corrected chi connectivity index (χ0v) is 11.4. The quantitative estimate of drug-likeness (QED) is 0.743. The van der Waals surface area contributed by atoms with Crippen molar-refractivity contribution in [1.29, 1.82) is 0 Å². The highest BCUT2D eigenvalue weighted by atomic mass is 35.5. The molecule has 102 valence electrons. The van der Waals surface area contributed by atoms with Gasteiger partial charge in [-0.2, -0.15) is 0 Å². The monoisotopic (exact) mass is 285 g/mol. The number of ether oxygens (including phenoxy) is 1. The van der Waals surface area contributed by atoms with Crippen LogP contribution in [0.4, 0.5) is 4.79 Å². The van der Waals surface area contributed by atoms with Crippen LogP contribution < -0.4 is 10.6 Å². The molecule has 7 heteroatoms. The summed E-state index contributed by atoms with van der Waals surface area (Å²) in [6, 6.07) is 0.423. The van der Waals surface area contributed by atoms with Crippen molar-refractivity contribution in [2.24, 2.45) is 0 Å². The second kappa shape index (κ2) is 8.80. The highest BCUT2D eigenvalue weighted by Crippen LogP contribution is 2.04. The summed E-state index contributed by atoms with van der Waals surface area (Å²) in [5, 5.41) is 6.36. The van der Waals surface area contributed by atoms with Gasteiger partial charge in [0.2, 0.25) is 0 Å². The van der Waals surface area contributed by atoms with E-state index in [0.29, 0.717) is 19.3 Å². The maximum absolute atomic E-state index is 11.8. The SMILES string of the molecule is Cl.Cl.O=C(NC1CCNCC1)N1CCOCC1. The number of urea groups is 1. The van der Waals surface area contributed by atoms with Crippen molar-refractivity contribution in [3.8, 4) is 0 Å². The Morgan fingerprint density at radius 2 is 1.76 bits per heavy atom. The molecular formula is C10H21Cl2N3O2. The first-order chi connectivity index (χ1) is 7.36. The minimum absolute atomic E-state index is 0. The van der Waals surface area contributed by atoms with Crippen LogP contribution in [0.25, 0.3) is 0 Å². The lowest BCUT2D eigenvalue weighted by Gasteiger charge is -2.30. The molecule has 2 rings (SSSR count). The van der Waals surface area contributed by atoms with E-state index in [4.69, 9.17) is 4.74 Å². The van der Waals surface area contributed by atoms with Crippen molar-refractivity contribution in [2.45, 2.75) is 18.9 Å². The van der Waals surface area contributed by atoms with Gasteiger partial charge in [-0.25, -0.2) is 4.79 Å². The van der Waals surface area contributed by atoms with Crippen LogP contribution in [0.3, 0.4) is 0 Å². The van der Waals surface area contributed by atoms with Crippen molar-refractivity contribution < 1.29 is 9.53 Å². The zero-order chi connectivity index (χ0) is 10.5. The number of morpholine rings is 1. The molecule has 0 spiro atoms.